The highest BCUT2D eigenvalue weighted by molar-refractivity contribution is 5.89. The van der Waals surface area contributed by atoms with Gasteiger partial charge in [0.2, 0.25) is 5.91 Å². The molecule has 0 aliphatic rings. The highest BCUT2D eigenvalue weighted by Crippen LogP contribution is 2.19. The fraction of sp³-hybridized carbons (Fsp3) is 0.870. The molecule has 0 spiro atoms. The number of nitrogens with zero attached hydrogens (tertiary/aromatic N) is 2. The number of carbonyl (C=O) groups excluding carboxylic acids is 3. The van der Waals surface area contributed by atoms with Gasteiger partial charge in [-0.05, 0) is 24.7 Å². The van der Waals surface area contributed by atoms with E-state index in [1.165, 1.54) is 9.80 Å². The minimum absolute atomic E-state index is 0.114. The maximum atomic E-state index is 13.3. The molecular formula is C23H44N2O5. The zero-order valence-corrected chi connectivity index (χ0v) is 20.4. The van der Waals surface area contributed by atoms with Crippen molar-refractivity contribution in [2.45, 2.75) is 92.2 Å². The summed E-state index contributed by atoms with van der Waals surface area (Å²) in [6.07, 6.45) is 5.24. The van der Waals surface area contributed by atoms with Crippen LogP contribution in [-0.4, -0.2) is 67.2 Å². The van der Waals surface area contributed by atoms with Crippen LogP contribution in [0.3, 0.4) is 0 Å². The lowest BCUT2D eigenvalue weighted by atomic mass is 9.98. The lowest BCUT2D eigenvalue weighted by Crippen LogP contribution is -2.56. The van der Waals surface area contributed by atoms with E-state index in [0.29, 0.717) is 13.2 Å². The van der Waals surface area contributed by atoms with Gasteiger partial charge in [-0.1, -0.05) is 67.2 Å². The molecule has 0 heterocycles. The van der Waals surface area contributed by atoms with E-state index in [1.54, 1.807) is 14.1 Å². The third-order valence-corrected chi connectivity index (χ3v) is 5.19. The summed E-state index contributed by atoms with van der Waals surface area (Å²) < 4.78 is 10.7. The van der Waals surface area contributed by atoms with Gasteiger partial charge in [0.25, 0.3) is 0 Å². The molecule has 2 atom stereocenters. The van der Waals surface area contributed by atoms with Crippen LogP contribution in [0, 0.1) is 11.8 Å². The molecule has 0 saturated heterocycles. The highest BCUT2D eigenvalue weighted by atomic mass is 16.6. The second kappa shape index (κ2) is 15.1. The maximum Gasteiger partial charge on any atom is 0.410 e. The van der Waals surface area contributed by atoms with E-state index >= 15 is 0 Å². The topological polar surface area (TPSA) is 76.2 Å². The smallest absolute Gasteiger partial charge is 0.410 e. The van der Waals surface area contributed by atoms with E-state index in [4.69, 9.17) is 9.47 Å². The van der Waals surface area contributed by atoms with Gasteiger partial charge < -0.3 is 14.4 Å². The van der Waals surface area contributed by atoms with E-state index < -0.39 is 24.1 Å². The number of carbonyl (C=O) groups is 3. The summed E-state index contributed by atoms with van der Waals surface area (Å²) in [6.45, 7) is 12.4. The second-order valence-corrected chi connectivity index (χ2v) is 8.63. The van der Waals surface area contributed by atoms with Crippen molar-refractivity contribution >= 4 is 18.0 Å². The van der Waals surface area contributed by atoms with Gasteiger partial charge >= 0.3 is 12.1 Å². The molecule has 0 fully saturated rings. The van der Waals surface area contributed by atoms with Crippen molar-refractivity contribution in [2.75, 3.05) is 27.3 Å². The fourth-order valence-corrected chi connectivity index (χ4v) is 3.43. The molecule has 0 aromatic rings. The summed E-state index contributed by atoms with van der Waals surface area (Å²) >= 11 is 0. The van der Waals surface area contributed by atoms with Gasteiger partial charge in [-0.2, -0.15) is 0 Å². The zero-order chi connectivity index (χ0) is 23.3. The summed E-state index contributed by atoms with van der Waals surface area (Å²) in [5.41, 5.74) is 0. The Morgan fingerprint density at radius 3 is 1.73 bits per heavy atom. The number of unbranched alkanes of at least 4 members (excludes halogenated alkanes) is 4. The minimum Gasteiger partial charge on any atom is -0.464 e. The average Bonchev–Trinajstić information content (AvgIpc) is 2.67. The van der Waals surface area contributed by atoms with Crippen LogP contribution >= 0.6 is 0 Å². The largest absolute Gasteiger partial charge is 0.464 e. The Balaban J connectivity index is 5.21. The Bertz CT molecular complexity index is 522. The Kier molecular flexibility index (Phi) is 14.2. The molecular weight excluding hydrogens is 384 g/mol. The standard InChI is InChI=1S/C23H44N2O5/c1-9-11-13-14-16-29-22(27)20(18(5)6)24(7)21(26)19(17(3)4)25(8)23(28)30-15-12-10-2/h17-20H,9-16H2,1-8H3. The molecule has 0 radical (unpaired) electrons. The van der Waals surface area contributed by atoms with Gasteiger partial charge in [-0.25, -0.2) is 9.59 Å². The number of ether oxygens (including phenoxy) is 2. The zero-order valence-electron chi connectivity index (χ0n) is 20.4. The first-order chi connectivity index (χ1) is 14.1. The molecule has 2 unspecified atom stereocenters. The summed E-state index contributed by atoms with van der Waals surface area (Å²) in [4.78, 5) is 41.2. The molecule has 30 heavy (non-hydrogen) atoms. The Morgan fingerprint density at radius 2 is 1.23 bits per heavy atom. The number of rotatable bonds is 14. The Hall–Kier alpha value is -1.79. The summed E-state index contributed by atoms with van der Waals surface area (Å²) in [5, 5.41) is 0. The maximum absolute atomic E-state index is 13.3. The van der Waals surface area contributed by atoms with E-state index in [0.717, 1.165) is 38.5 Å². The van der Waals surface area contributed by atoms with Crippen molar-refractivity contribution in [2.24, 2.45) is 11.8 Å². The molecule has 2 amide bonds. The number of likely N-dealkylation sites (N-methyl/N-ethyl adjacent to an activating group) is 2. The third kappa shape index (κ3) is 9.35. The summed E-state index contributed by atoms with van der Waals surface area (Å²) in [7, 11) is 3.18. The Labute approximate surface area is 183 Å². The molecule has 0 bridgehead atoms. The number of amides is 2. The van der Waals surface area contributed by atoms with Gasteiger partial charge in [-0.15, -0.1) is 0 Å². The molecule has 7 nitrogen and oxygen atoms in total. The van der Waals surface area contributed by atoms with Crippen LogP contribution in [0.15, 0.2) is 0 Å². The monoisotopic (exact) mass is 428 g/mol. The van der Waals surface area contributed by atoms with Crippen LogP contribution in [0.5, 0.6) is 0 Å². The Morgan fingerprint density at radius 1 is 0.700 bits per heavy atom. The van der Waals surface area contributed by atoms with Crippen molar-refractivity contribution in [1.82, 2.24) is 9.80 Å². The molecule has 0 N–H and O–H groups in total. The lowest BCUT2D eigenvalue weighted by Gasteiger charge is -2.36. The van der Waals surface area contributed by atoms with Crippen LogP contribution in [0.2, 0.25) is 0 Å². The minimum atomic E-state index is -0.720. The molecule has 0 saturated carbocycles. The van der Waals surface area contributed by atoms with Gasteiger partial charge in [-0.3, -0.25) is 9.69 Å². The van der Waals surface area contributed by atoms with Crippen molar-refractivity contribution in [3.05, 3.63) is 0 Å². The van der Waals surface area contributed by atoms with Gasteiger partial charge in [0.1, 0.15) is 12.1 Å². The molecule has 0 aliphatic carbocycles. The van der Waals surface area contributed by atoms with Crippen molar-refractivity contribution in [3.8, 4) is 0 Å². The molecule has 0 aromatic heterocycles. The van der Waals surface area contributed by atoms with Crippen LogP contribution in [0.4, 0.5) is 4.79 Å². The molecule has 0 aliphatic heterocycles. The number of esters is 1. The summed E-state index contributed by atoms with van der Waals surface area (Å²) in [5.74, 6) is -0.937. The van der Waals surface area contributed by atoms with Crippen molar-refractivity contribution in [3.63, 3.8) is 0 Å². The third-order valence-electron chi connectivity index (χ3n) is 5.19. The fourth-order valence-electron chi connectivity index (χ4n) is 3.43. The molecule has 176 valence electrons. The van der Waals surface area contributed by atoms with Gasteiger partial charge in [0.15, 0.2) is 0 Å². The quantitative estimate of drug-likeness (QED) is 0.301. The van der Waals surface area contributed by atoms with E-state index in [1.807, 2.05) is 34.6 Å². The van der Waals surface area contributed by atoms with E-state index in [2.05, 4.69) is 6.92 Å². The van der Waals surface area contributed by atoms with Crippen LogP contribution in [0.1, 0.15) is 80.1 Å². The van der Waals surface area contributed by atoms with E-state index in [9.17, 15) is 14.4 Å². The number of hydrogen-bond donors (Lipinski definition) is 0. The van der Waals surface area contributed by atoms with Crippen LogP contribution in [0.25, 0.3) is 0 Å². The SMILES string of the molecule is CCCCCCOC(=O)C(C(C)C)N(C)C(=O)C(C(C)C)N(C)C(=O)OCCCC. The molecule has 0 rings (SSSR count). The van der Waals surface area contributed by atoms with Crippen molar-refractivity contribution < 1.29 is 23.9 Å². The predicted octanol–water partition coefficient (Wildman–Crippen LogP) is 4.49. The van der Waals surface area contributed by atoms with Crippen LogP contribution in [-0.2, 0) is 19.1 Å². The first-order valence-corrected chi connectivity index (χ1v) is 11.4. The predicted molar refractivity (Wildman–Crippen MR) is 119 cm³/mol. The highest BCUT2D eigenvalue weighted by Gasteiger charge is 2.38. The molecule has 0 aromatic carbocycles. The second-order valence-electron chi connectivity index (χ2n) is 8.63. The van der Waals surface area contributed by atoms with Gasteiger partial charge in [0, 0.05) is 14.1 Å². The normalized spacial score (nSPS) is 13.1. The lowest BCUT2D eigenvalue weighted by molar-refractivity contribution is -0.158. The molecule has 7 heteroatoms. The first kappa shape index (κ1) is 28.2. The average molecular weight is 429 g/mol. The van der Waals surface area contributed by atoms with Crippen molar-refractivity contribution in [1.29, 1.82) is 0 Å². The number of hydrogen-bond acceptors (Lipinski definition) is 5. The first-order valence-electron chi connectivity index (χ1n) is 11.4. The van der Waals surface area contributed by atoms with Crippen LogP contribution < -0.4 is 0 Å². The summed E-state index contributed by atoms with van der Waals surface area (Å²) in [6, 6.07) is -1.42. The van der Waals surface area contributed by atoms with E-state index in [-0.39, 0.29) is 17.7 Å². The van der Waals surface area contributed by atoms with Gasteiger partial charge in [0.05, 0.1) is 13.2 Å².